The lowest BCUT2D eigenvalue weighted by molar-refractivity contribution is -0.126. The second-order valence-electron chi connectivity index (χ2n) is 17.3. The molecule has 3 atom stereocenters. The third-order valence-electron chi connectivity index (χ3n) is 13.6. The van der Waals surface area contributed by atoms with Gasteiger partial charge in [0.05, 0.1) is 37.2 Å². The average Bonchev–Trinajstić information content (AvgIpc) is 4.04. The van der Waals surface area contributed by atoms with Crippen LogP contribution in [0, 0.1) is 0 Å². The van der Waals surface area contributed by atoms with E-state index in [9.17, 15) is 14.7 Å². The number of aliphatic hydroxyl groups excluding tert-OH is 1. The summed E-state index contributed by atoms with van der Waals surface area (Å²) in [7, 11) is 0. The summed E-state index contributed by atoms with van der Waals surface area (Å²) in [4.78, 5) is 50.5. The van der Waals surface area contributed by atoms with Crippen molar-refractivity contribution in [1.82, 2.24) is 29.7 Å². The second-order valence-corrected chi connectivity index (χ2v) is 19.5. The predicted molar refractivity (Wildman–Crippen MR) is 235 cm³/mol. The Morgan fingerprint density at radius 2 is 1.13 bits per heavy atom. The number of ether oxygens (including phenoxy) is 4. The van der Waals surface area contributed by atoms with Crippen molar-refractivity contribution in [2.45, 2.75) is 140 Å². The van der Waals surface area contributed by atoms with Crippen LogP contribution >= 0.6 is 22.7 Å². The molecule has 0 bridgehead atoms. The van der Waals surface area contributed by atoms with E-state index in [2.05, 4.69) is 29.7 Å². The van der Waals surface area contributed by atoms with Gasteiger partial charge in [-0.2, -0.15) is 0 Å². The molecule has 6 aliphatic rings. The Morgan fingerprint density at radius 1 is 0.689 bits per heavy atom. The van der Waals surface area contributed by atoms with Crippen molar-refractivity contribution < 1.29 is 33.6 Å². The summed E-state index contributed by atoms with van der Waals surface area (Å²) in [5.74, 6) is 0.676. The molecule has 5 N–H and O–H groups in total. The molecule has 2 saturated carbocycles. The Morgan fingerprint density at radius 3 is 1.57 bits per heavy atom. The molecule has 2 aliphatic heterocycles. The van der Waals surface area contributed by atoms with Gasteiger partial charge < -0.3 is 35.5 Å². The highest BCUT2D eigenvalue weighted by atomic mass is 32.1. The molecule has 2 saturated heterocycles. The molecule has 0 unspecified atom stereocenters. The van der Waals surface area contributed by atoms with Gasteiger partial charge >= 0.3 is 0 Å². The quantitative estimate of drug-likeness (QED) is 0.177. The van der Waals surface area contributed by atoms with Crippen LogP contribution in [0.15, 0.2) is 12.7 Å². The first-order valence-electron chi connectivity index (χ1n) is 22.0. The first-order chi connectivity index (χ1) is 29.3. The number of hydrogen-bond acceptors (Lipinski definition) is 15. The molecule has 10 rings (SSSR count). The maximum atomic E-state index is 11.5. The zero-order valence-electron chi connectivity index (χ0n) is 34.3. The number of aryl methyl sites for hydroxylation is 2. The summed E-state index contributed by atoms with van der Waals surface area (Å²) >= 11 is 3.38. The Kier molecular flexibility index (Phi) is 14.3. The highest BCUT2D eigenvalue weighted by molar-refractivity contribution is 7.19. The van der Waals surface area contributed by atoms with Gasteiger partial charge in [-0.15, -0.1) is 22.7 Å². The zero-order chi connectivity index (χ0) is 41.2. The summed E-state index contributed by atoms with van der Waals surface area (Å²) < 4.78 is 23.9. The Labute approximate surface area is 365 Å². The number of carbonyl (C=O) groups excluding carboxylic acids is 2. The molecule has 61 heavy (non-hydrogen) atoms. The van der Waals surface area contributed by atoms with E-state index < -0.39 is 12.0 Å². The largest absolute Gasteiger partial charge is 0.474 e. The van der Waals surface area contributed by atoms with E-state index in [0.29, 0.717) is 36.7 Å². The van der Waals surface area contributed by atoms with Gasteiger partial charge in [0.15, 0.2) is 0 Å². The van der Waals surface area contributed by atoms with Crippen molar-refractivity contribution in [2.75, 3.05) is 52.6 Å². The number of rotatable bonds is 11. The highest BCUT2D eigenvalue weighted by Crippen LogP contribution is 2.49. The van der Waals surface area contributed by atoms with Crippen LogP contribution in [0.25, 0.3) is 20.4 Å². The summed E-state index contributed by atoms with van der Waals surface area (Å²) in [5.41, 5.74) is 13.1. The van der Waals surface area contributed by atoms with E-state index in [-0.39, 0.29) is 37.4 Å². The lowest BCUT2D eigenvalue weighted by atomic mass is 9.91. The van der Waals surface area contributed by atoms with Gasteiger partial charge in [0, 0.05) is 54.4 Å². The fourth-order valence-corrected chi connectivity index (χ4v) is 13.0. The van der Waals surface area contributed by atoms with Crippen LogP contribution < -0.4 is 20.9 Å². The first kappa shape index (κ1) is 44.0. The van der Waals surface area contributed by atoms with Crippen LogP contribution in [-0.4, -0.2) is 130 Å². The van der Waals surface area contributed by atoms with Crippen molar-refractivity contribution in [1.29, 1.82) is 0 Å². The van der Waals surface area contributed by atoms with Crippen LogP contribution in [0.2, 0.25) is 0 Å². The number of aliphatic hydroxyl groups is 1. The van der Waals surface area contributed by atoms with Gasteiger partial charge in [-0.3, -0.25) is 19.4 Å². The zero-order valence-corrected chi connectivity index (χ0v) is 35.9. The standard InChI is InChI=1S/C22H30N4O4S.C21H28N4O3S.CH4/c23-20(28)16(27)11-13-1-6-17-18(13)19-21(24-12-25-22(19)31-17)30-15-4-2-14(3-5-15)26-7-9-29-10-8-26;22-17(26)11-13-1-6-16-18(13)19-20(23-12-24-21(19)29-16)28-15-4-2-14(3-5-15)25-7-9-27-10-8-25;/h12-16,27H,1-11H2,(H2,23,28);12-15H,1-11H2,(H2,22,26);1H4/t13-,14?,15?,16+;13-,14?,15?;/m11./s1. The molecule has 6 heterocycles. The van der Waals surface area contributed by atoms with Crippen LogP contribution in [0.4, 0.5) is 0 Å². The number of amides is 2. The normalized spacial score (nSPS) is 27.4. The second kappa shape index (κ2) is 19.9. The summed E-state index contributed by atoms with van der Waals surface area (Å²) in [6.45, 7) is 7.53. The van der Waals surface area contributed by atoms with Gasteiger partial charge in [-0.1, -0.05) is 7.43 Å². The van der Waals surface area contributed by atoms with Crippen LogP contribution in [0.3, 0.4) is 0 Å². The van der Waals surface area contributed by atoms with Crippen molar-refractivity contribution in [3.63, 3.8) is 0 Å². The van der Waals surface area contributed by atoms with Crippen LogP contribution in [0.5, 0.6) is 11.8 Å². The predicted octanol–water partition coefficient (Wildman–Crippen LogP) is 5.23. The molecule has 4 aliphatic carbocycles. The minimum absolute atomic E-state index is 0. The molecule has 4 aromatic rings. The number of carbonyl (C=O) groups is 2. The number of nitrogens with two attached hydrogens (primary N) is 2. The molecule has 0 spiro atoms. The van der Waals surface area contributed by atoms with Gasteiger partial charge in [-0.25, -0.2) is 19.9 Å². The molecule has 0 aromatic carbocycles. The highest BCUT2D eigenvalue weighted by Gasteiger charge is 2.36. The molecule has 15 nitrogen and oxygen atoms in total. The van der Waals surface area contributed by atoms with Gasteiger partial charge in [0.25, 0.3) is 0 Å². The van der Waals surface area contributed by atoms with Crippen molar-refractivity contribution in [2.24, 2.45) is 11.5 Å². The molecule has 4 fully saturated rings. The molecule has 2 amide bonds. The summed E-state index contributed by atoms with van der Waals surface area (Å²) in [6.07, 6.45) is 15.6. The fraction of sp³-hybridized carbons (Fsp3) is 0.682. The van der Waals surface area contributed by atoms with Gasteiger partial charge in [-0.05, 0) is 106 Å². The molecule has 4 aromatic heterocycles. The van der Waals surface area contributed by atoms with E-state index in [1.165, 1.54) is 15.3 Å². The van der Waals surface area contributed by atoms with E-state index >= 15 is 0 Å². The molecular weight excluding hydrogens is 817 g/mol. The number of hydrogen-bond donors (Lipinski definition) is 3. The Balaban J connectivity index is 0.000000166. The van der Waals surface area contributed by atoms with Crippen LogP contribution in [-0.2, 0) is 31.9 Å². The topological polar surface area (TPSA) is 201 Å². The molecule has 0 radical (unpaired) electrons. The van der Waals surface area contributed by atoms with E-state index in [1.54, 1.807) is 35.3 Å². The van der Waals surface area contributed by atoms with Crippen LogP contribution in [0.1, 0.15) is 117 Å². The van der Waals surface area contributed by atoms with Gasteiger partial charge in [0.2, 0.25) is 23.6 Å². The lowest BCUT2D eigenvalue weighted by Gasteiger charge is -2.38. The first-order valence-corrected chi connectivity index (χ1v) is 23.7. The minimum Gasteiger partial charge on any atom is -0.474 e. The molecule has 332 valence electrons. The third-order valence-corrected chi connectivity index (χ3v) is 16.0. The number of morpholine rings is 2. The third kappa shape index (κ3) is 9.82. The smallest absolute Gasteiger partial charge is 0.246 e. The summed E-state index contributed by atoms with van der Waals surface area (Å²) in [5, 5.41) is 12.0. The fourth-order valence-electron chi connectivity index (χ4n) is 10.6. The average molecular weight is 879 g/mol. The minimum atomic E-state index is -1.13. The number of nitrogens with zero attached hydrogens (tertiary/aromatic N) is 6. The molecule has 17 heteroatoms. The summed E-state index contributed by atoms with van der Waals surface area (Å²) in [6, 6.07) is 1.27. The number of aromatic nitrogens is 4. The number of fused-ring (bicyclic) bond motifs is 6. The number of primary amides is 2. The Bertz CT molecular complexity index is 2120. The van der Waals surface area contributed by atoms with Crippen molar-refractivity contribution >= 4 is 54.9 Å². The molecular formula is C44H62N8O7S2. The van der Waals surface area contributed by atoms with E-state index in [4.69, 9.17) is 30.4 Å². The monoisotopic (exact) mass is 878 g/mol. The number of thiophene rings is 2. The Hall–Kier alpha value is -3.58. The van der Waals surface area contributed by atoms with Crippen molar-refractivity contribution in [3.05, 3.63) is 33.5 Å². The van der Waals surface area contributed by atoms with Gasteiger partial charge in [0.1, 0.15) is 40.6 Å². The maximum absolute atomic E-state index is 11.5. The lowest BCUT2D eigenvalue weighted by Crippen LogP contribution is -2.46. The van der Waals surface area contributed by atoms with Crippen molar-refractivity contribution in [3.8, 4) is 11.8 Å². The van der Waals surface area contributed by atoms with E-state index in [1.807, 2.05) is 0 Å². The van der Waals surface area contributed by atoms with E-state index in [0.717, 1.165) is 156 Å². The maximum Gasteiger partial charge on any atom is 0.246 e. The SMILES string of the molecule is C.NC(=O)C[C@H]1CCc2sc3ncnc(OC4CCC(N5CCOCC5)CC4)c3c21.NC(=O)[C@@H](O)C[C@H]1CCc2sc3ncnc(OC4CCC(N5CCOCC5)CC4)c3c21.